The van der Waals surface area contributed by atoms with Crippen LogP contribution in [0.3, 0.4) is 0 Å². The van der Waals surface area contributed by atoms with Gasteiger partial charge >= 0.3 is 0 Å². The smallest absolute Gasteiger partial charge is 0.232 e. The number of anilines is 1. The average molecular weight is 320 g/mol. The van der Waals surface area contributed by atoms with Gasteiger partial charge in [0.2, 0.25) is 11.9 Å². The highest BCUT2D eigenvalue weighted by molar-refractivity contribution is 6.16. The zero-order valence-electron chi connectivity index (χ0n) is 13.0. The minimum Gasteiger partial charge on any atom is -0.336 e. The van der Waals surface area contributed by atoms with Crippen molar-refractivity contribution in [2.45, 2.75) is 19.4 Å². The van der Waals surface area contributed by atoms with Gasteiger partial charge in [-0.15, -0.1) is 0 Å². The molecule has 1 fully saturated rings. The van der Waals surface area contributed by atoms with Crippen LogP contribution < -0.4 is 10.2 Å². The molecule has 0 unspecified atom stereocenters. The number of carbonyl (C=O) groups excluding carboxylic acids is 2. The maximum atomic E-state index is 11.7. The van der Waals surface area contributed by atoms with Crippen molar-refractivity contribution >= 4 is 23.7 Å². The van der Waals surface area contributed by atoms with Crippen LogP contribution in [0, 0.1) is 0 Å². The summed E-state index contributed by atoms with van der Waals surface area (Å²) in [6, 6.07) is 10.1. The van der Waals surface area contributed by atoms with Crippen LogP contribution >= 0.6 is 0 Å². The molecule has 2 aliphatic heterocycles. The Kier molecular flexibility index (Phi) is 3.57. The van der Waals surface area contributed by atoms with E-state index in [4.69, 9.17) is 0 Å². The minimum atomic E-state index is -0.270. The first-order valence-corrected chi connectivity index (χ1v) is 7.88. The Morgan fingerprint density at radius 2 is 1.96 bits per heavy atom. The number of hydrogen-bond acceptors (Lipinski definition) is 5. The number of fused-ring (bicyclic) bond motifs is 1. The second-order valence-corrected chi connectivity index (χ2v) is 5.93. The van der Waals surface area contributed by atoms with Gasteiger partial charge in [0.1, 0.15) is 0 Å². The number of Topliss-reactive ketones (excluding diaryl/α,β-unsaturated/α-hetero) is 1. The van der Waals surface area contributed by atoms with Crippen molar-refractivity contribution in [2.24, 2.45) is 0 Å². The first-order valence-electron chi connectivity index (χ1n) is 7.88. The standard InChI is InChI=1S/C18H16N4O2/c23-16-10-17(24)21-15(16)9-14-5-7-19-18(20-14)22-8-6-12-3-1-2-4-13(12)11-22/h1-5,7,9H,6,8,10-11H2,(H,21,24)/b15-9-. The molecular formula is C18H16N4O2. The third-order valence-electron chi connectivity index (χ3n) is 4.27. The van der Waals surface area contributed by atoms with Gasteiger partial charge in [-0.3, -0.25) is 9.59 Å². The van der Waals surface area contributed by atoms with Gasteiger partial charge in [-0.25, -0.2) is 9.97 Å². The fourth-order valence-corrected chi connectivity index (χ4v) is 3.03. The molecule has 1 amide bonds. The van der Waals surface area contributed by atoms with Crippen molar-refractivity contribution < 1.29 is 9.59 Å². The number of amides is 1. The van der Waals surface area contributed by atoms with Crippen LogP contribution in [0.1, 0.15) is 23.2 Å². The van der Waals surface area contributed by atoms with Gasteiger partial charge < -0.3 is 10.2 Å². The predicted molar refractivity (Wildman–Crippen MR) is 89.0 cm³/mol. The molecule has 6 nitrogen and oxygen atoms in total. The summed E-state index contributed by atoms with van der Waals surface area (Å²) >= 11 is 0. The van der Waals surface area contributed by atoms with E-state index < -0.39 is 0 Å². The van der Waals surface area contributed by atoms with Crippen molar-refractivity contribution in [2.75, 3.05) is 11.4 Å². The van der Waals surface area contributed by atoms with E-state index in [0.717, 1.165) is 19.5 Å². The molecule has 0 atom stereocenters. The Balaban J connectivity index is 1.59. The Morgan fingerprint density at radius 1 is 1.12 bits per heavy atom. The molecule has 1 N–H and O–H groups in total. The molecule has 3 heterocycles. The van der Waals surface area contributed by atoms with E-state index >= 15 is 0 Å². The van der Waals surface area contributed by atoms with Gasteiger partial charge in [0.25, 0.3) is 0 Å². The summed E-state index contributed by atoms with van der Waals surface area (Å²) in [6.45, 7) is 1.62. The molecular weight excluding hydrogens is 304 g/mol. The molecule has 4 rings (SSSR count). The van der Waals surface area contributed by atoms with Gasteiger partial charge in [0, 0.05) is 19.3 Å². The highest BCUT2D eigenvalue weighted by atomic mass is 16.2. The number of hydrogen-bond donors (Lipinski definition) is 1. The normalized spacial score (nSPS) is 18.7. The van der Waals surface area contributed by atoms with E-state index in [0.29, 0.717) is 17.3 Å². The average Bonchev–Trinajstić information content (AvgIpc) is 2.92. The Morgan fingerprint density at radius 3 is 2.75 bits per heavy atom. The fraction of sp³-hybridized carbons (Fsp3) is 0.222. The summed E-state index contributed by atoms with van der Waals surface area (Å²) in [4.78, 5) is 34.0. The van der Waals surface area contributed by atoms with Crippen molar-refractivity contribution in [3.05, 3.63) is 59.0 Å². The summed E-state index contributed by atoms with van der Waals surface area (Å²) in [7, 11) is 0. The summed E-state index contributed by atoms with van der Waals surface area (Å²) in [5.41, 5.74) is 3.57. The first kappa shape index (κ1) is 14.6. The highest BCUT2D eigenvalue weighted by Crippen LogP contribution is 2.22. The van der Waals surface area contributed by atoms with Gasteiger partial charge in [-0.05, 0) is 29.7 Å². The van der Waals surface area contributed by atoms with E-state index in [9.17, 15) is 9.59 Å². The summed E-state index contributed by atoms with van der Waals surface area (Å²) in [5, 5.41) is 2.56. The molecule has 6 heteroatoms. The maximum Gasteiger partial charge on any atom is 0.232 e. The first-order chi connectivity index (χ1) is 11.7. The van der Waals surface area contributed by atoms with Crippen LogP contribution in [0.5, 0.6) is 0 Å². The minimum absolute atomic E-state index is 0.0906. The van der Waals surface area contributed by atoms with E-state index in [-0.39, 0.29) is 18.1 Å². The lowest BCUT2D eigenvalue weighted by atomic mass is 10.0. The molecule has 0 bridgehead atoms. The molecule has 0 saturated carbocycles. The molecule has 0 radical (unpaired) electrons. The molecule has 0 aliphatic carbocycles. The highest BCUT2D eigenvalue weighted by Gasteiger charge is 2.24. The number of rotatable bonds is 2. The fourth-order valence-electron chi connectivity index (χ4n) is 3.03. The van der Waals surface area contributed by atoms with Crippen molar-refractivity contribution in [1.82, 2.24) is 15.3 Å². The SMILES string of the molecule is O=C1CC(=O)/C(=C/c2ccnc(N3CCc4ccccc4C3)n2)N1. The van der Waals surface area contributed by atoms with E-state index in [1.807, 2.05) is 6.07 Å². The van der Waals surface area contributed by atoms with Gasteiger partial charge in [-0.1, -0.05) is 24.3 Å². The topological polar surface area (TPSA) is 75.2 Å². The molecule has 120 valence electrons. The second kappa shape index (κ2) is 5.88. The Labute approximate surface area is 139 Å². The van der Waals surface area contributed by atoms with Crippen LogP contribution in [0.25, 0.3) is 6.08 Å². The molecule has 2 aliphatic rings. The number of carbonyl (C=O) groups is 2. The van der Waals surface area contributed by atoms with E-state index in [1.165, 1.54) is 11.1 Å². The number of benzene rings is 1. The number of allylic oxidation sites excluding steroid dienone is 1. The van der Waals surface area contributed by atoms with E-state index in [2.05, 4.69) is 38.4 Å². The quantitative estimate of drug-likeness (QED) is 0.670. The largest absolute Gasteiger partial charge is 0.336 e. The molecule has 1 aromatic heterocycles. The lowest BCUT2D eigenvalue weighted by Crippen LogP contribution is -2.31. The molecule has 1 aromatic carbocycles. The number of nitrogens with one attached hydrogen (secondary N) is 1. The number of ketones is 1. The van der Waals surface area contributed by atoms with Crippen LogP contribution in [0.15, 0.2) is 42.2 Å². The lowest BCUT2D eigenvalue weighted by Gasteiger charge is -2.28. The van der Waals surface area contributed by atoms with Crippen molar-refractivity contribution in [3.8, 4) is 0 Å². The lowest BCUT2D eigenvalue weighted by molar-refractivity contribution is -0.121. The van der Waals surface area contributed by atoms with Crippen molar-refractivity contribution in [3.63, 3.8) is 0 Å². The second-order valence-electron chi connectivity index (χ2n) is 5.93. The summed E-state index contributed by atoms with van der Waals surface area (Å²) in [6.07, 6.45) is 4.15. The summed E-state index contributed by atoms with van der Waals surface area (Å²) < 4.78 is 0. The predicted octanol–water partition coefficient (Wildman–Crippen LogP) is 1.47. The van der Waals surface area contributed by atoms with Crippen LogP contribution in [0.4, 0.5) is 5.95 Å². The zero-order valence-corrected chi connectivity index (χ0v) is 13.0. The van der Waals surface area contributed by atoms with Gasteiger partial charge in [0.05, 0.1) is 17.8 Å². The molecule has 1 saturated heterocycles. The van der Waals surface area contributed by atoms with Gasteiger partial charge in [-0.2, -0.15) is 0 Å². The third kappa shape index (κ3) is 2.78. The molecule has 24 heavy (non-hydrogen) atoms. The van der Waals surface area contributed by atoms with Crippen LogP contribution in [0.2, 0.25) is 0 Å². The zero-order chi connectivity index (χ0) is 16.5. The van der Waals surface area contributed by atoms with Gasteiger partial charge in [0.15, 0.2) is 5.78 Å². The number of aromatic nitrogens is 2. The monoisotopic (exact) mass is 320 g/mol. The molecule has 2 aromatic rings. The van der Waals surface area contributed by atoms with Crippen LogP contribution in [-0.4, -0.2) is 28.2 Å². The third-order valence-corrected chi connectivity index (χ3v) is 4.27. The van der Waals surface area contributed by atoms with E-state index in [1.54, 1.807) is 18.3 Å². The molecule has 0 spiro atoms. The Bertz CT molecular complexity index is 860. The maximum absolute atomic E-state index is 11.7. The van der Waals surface area contributed by atoms with Crippen LogP contribution in [-0.2, 0) is 22.6 Å². The van der Waals surface area contributed by atoms with Crippen molar-refractivity contribution in [1.29, 1.82) is 0 Å². The summed E-state index contributed by atoms with van der Waals surface area (Å²) in [5.74, 6) is 0.163. The number of nitrogens with zero attached hydrogens (tertiary/aromatic N) is 3. The Hall–Kier alpha value is -3.02.